The summed E-state index contributed by atoms with van der Waals surface area (Å²) in [5, 5.41) is 10.9. The molecule has 4 nitrogen and oxygen atoms in total. The number of carbonyl (C=O) groups is 2. The lowest BCUT2D eigenvalue weighted by atomic mass is 9.52. The third-order valence-electron chi connectivity index (χ3n) is 7.73. The van der Waals surface area contributed by atoms with Gasteiger partial charge in [0.1, 0.15) is 0 Å². The molecule has 0 saturated heterocycles. The number of rotatable bonds is 5. The average Bonchev–Trinajstić information content (AvgIpc) is 2.74. The highest BCUT2D eigenvalue weighted by Gasteiger charge is 2.57. The zero-order valence-corrected chi connectivity index (χ0v) is 18.3. The van der Waals surface area contributed by atoms with Gasteiger partial charge in [-0.25, -0.2) is 0 Å². The van der Waals surface area contributed by atoms with Gasteiger partial charge in [0.05, 0.1) is 5.60 Å². The van der Waals surface area contributed by atoms with Crippen molar-refractivity contribution < 1.29 is 14.7 Å². The molecule has 0 aromatic heterocycles. The molecule has 2 aromatic carbocycles. The van der Waals surface area contributed by atoms with E-state index in [1.54, 1.807) is 24.3 Å². The largest absolute Gasteiger partial charge is 0.390 e. The Morgan fingerprint density at radius 2 is 1.42 bits per heavy atom. The van der Waals surface area contributed by atoms with Gasteiger partial charge in [0, 0.05) is 28.8 Å². The third-order valence-corrected chi connectivity index (χ3v) is 7.73. The summed E-state index contributed by atoms with van der Waals surface area (Å²) in [4.78, 5) is 28.4. The molecule has 2 unspecified atom stereocenters. The fourth-order valence-corrected chi connectivity index (χ4v) is 6.79. The van der Waals surface area contributed by atoms with Crippen molar-refractivity contribution in [3.63, 3.8) is 0 Å². The van der Waals surface area contributed by atoms with Crippen LogP contribution in [0.2, 0.25) is 0 Å². The molecule has 31 heavy (non-hydrogen) atoms. The SMILES string of the molecule is CC(C)N(C(=O)c1ccc(C(=O)c2ccccc2)cc1)C1C2CC3CC1CC(O)(C3)C2. The molecule has 4 fully saturated rings. The average molecular weight is 418 g/mol. The summed E-state index contributed by atoms with van der Waals surface area (Å²) in [6, 6.07) is 16.6. The number of aliphatic hydroxyl groups is 1. The van der Waals surface area contributed by atoms with Crippen LogP contribution in [0.1, 0.15) is 72.2 Å². The molecule has 2 atom stereocenters. The van der Waals surface area contributed by atoms with Crippen LogP contribution in [0, 0.1) is 17.8 Å². The van der Waals surface area contributed by atoms with Gasteiger partial charge in [0.25, 0.3) is 5.91 Å². The molecular formula is C27H31NO3. The summed E-state index contributed by atoms with van der Waals surface area (Å²) in [6.45, 7) is 4.18. The van der Waals surface area contributed by atoms with Gasteiger partial charge < -0.3 is 10.0 Å². The van der Waals surface area contributed by atoms with Crippen LogP contribution < -0.4 is 0 Å². The second kappa shape index (κ2) is 7.59. The first-order valence-corrected chi connectivity index (χ1v) is 11.6. The van der Waals surface area contributed by atoms with Gasteiger partial charge >= 0.3 is 0 Å². The predicted octanol–water partition coefficient (Wildman–Crippen LogP) is 4.71. The van der Waals surface area contributed by atoms with E-state index >= 15 is 0 Å². The fourth-order valence-electron chi connectivity index (χ4n) is 6.79. The Labute approximate surface area is 184 Å². The molecule has 1 N–H and O–H groups in total. The van der Waals surface area contributed by atoms with Gasteiger partial charge in [0.15, 0.2) is 5.78 Å². The zero-order chi connectivity index (χ0) is 21.8. The highest BCUT2D eigenvalue weighted by atomic mass is 16.3. The minimum atomic E-state index is -0.502. The maximum absolute atomic E-state index is 13.6. The van der Waals surface area contributed by atoms with Gasteiger partial charge in [-0.05, 0) is 75.8 Å². The normalized spacial score (nSPS) is 31.1. The van der Waals surface area contributed by atoms with E-state index in [0.717, 1.165) is 32.1 Å². The molecular weight excluding hydrogens is 386 g/mol. The van der Waals surface area contributed by atoms with E-state index in [-0.39, 0.29) is 23.8 Å². The lowest BCUT2D eigenvalue weighted by Gasteiger charge is -2.60. The first-order chi connectivity index (χ1) is 14.8. The number of amides is 1. The number of hydrogen-bond donors (Lipinski definition) is 1. The predicted molar refractivity (Wildman–Crippen MR) is 120 cm³/mol. The summed E-state index contributed by atoms with van der Waals surface area (Å²) in [5.74, 6) is 1.40. The van der Waals surface area contributed by atoms with Crippen molar-refractivity contribution in [1.29, 1.82) is 0 Å². The summed E-state index contributed by atoms with van der Waals surface area (Å²) >= 11 is 0. The molecule has 4 bridgehead atoms. The Balaban J connectivity index is 1.38. The smallest absolute Gasteiger partial charge is 0.254 e. The number of hydrogen-bond acceptors (Lipinski definition) is 3. The molecule has 4 aliphatic rings. The summed E-state index contributed by atoms with van der Waals surface area (Å²) < 4.78 is 0. The van der Waals surface area contributed by atoms with Crippen LogP contribution in [0.5, 0.6) is 0 Å². The number of benzene rings is 2. The Morgan fingerprint density at radius 3 is 1.97 bits per heavy atom. The Morgan fingerprint density at radius 1 is 0.871 bits per heavy atom. The van der Waals surface area contributed by atoms with Gasteiger partial charge in [0.2, 0.25) is 0 Å². The Kier molecular flexibility index (Phi) is 5.01. The third kappa shape index (κ3) is 3.61. The quantitative estimate of drug-likeness (QED) is 0.717. The minimum absolute atomic E-state index is 0.0328. The number of nitrogens with zero attached hydrogens (tertiary/aromatic N) is 1. The maximum Gasteiger partial charge on any atom is 0.254 e. The molecule has 0 radical (unpaired) electrons. The van der Waals surface area contributed by atoms with Gasteiger partial charge in [-0.1, -0.05) is 42.5 Å². The van der Waals surface area contributed by atoms with E-state index in [1.807, 2.05) is 30.3 Å². The van der Waals surface area contributed by atoms with Crippen molar-refractivity contribution >= 4 is 11.7 Å². The van der Waals surface area contributed by atoms with Gasteiger partial charge in [-0.15, -0.1) is 0 Å². The molecule has 0 aliphatic heterocycles. The Bertz CT molecular complexity index is 965. The highest BCUT2D eigenvalue weighted by molar-refractivity contribution is 6.09. The molecule has 0 spiro atoms. The van der Waals surface area contributed by atoms with Crippen LogP contribution in [0.15, 0.2) is 54.6 Å². The van der Waals surface area contributed by atoms with Crippen LogP contribution in [-0.4, -0.2) is 39.4 Å². The molecule has 4 saturated carbocycles. The van der Waals surface area contributed by atoms with Crippen molar-refractivity contribution in [3.05, 3.63) is 71.3 Å². The Hall–Kier alpha value is -2.46. The van der Waals surface area contributed by atoms with Crippen molar-refractivity contribution in [3.8, 4) is 0 Å². The molecule has 4 heteroatoms. The molecule has 0 heterocycles. The summed E-state index contributed by atoms with van der Waals surface area (Å²) in [5.41, 5.74) is 1.37. The van der Waals surface area contributed by atoms with Crippen LogP contribution in [0.3, 0.4) is 0 Å². The van der Waals surface area contributed by atoms with Crippen molar-refractivity contribution in [2.24, 2.45) is 17.8 Å². The van der Waals surface area contributed by atoms with Crippen molar-refractivity contribution in [2.75, 3.05) is 0 Å². The van der Waals surface area contributed by atoms with Gasteiger partial charge in [-0.3, -0.25) is 9.59 Å². The minimum Gasteiger partial charge on any atom is -0.390 e. The highest BCUT2D eigenvalue weighted by Crippen LogP contribution is 2.57. The lowest BCUT2D eigenvalue weighted by molar-refractivity contribution is -0.157. The van der Waals surface area contributed by atoms with Gasteiger partial charge in [-0.2, -0.15) is 0 Å². The van der Waals surface area contributed by atoms with Crippen LogP contribution in [0.25, 0.3) is 0 Å². The van der Waals surface area contributed by atoms with E-state index in [1.165, 1.54) is 0 Å². The lowest BCUT2D eigenvalue weighted by Crippen LogP contribution is -2.63. The first-order valence-electron chi connectivity index (χ1n) is 11.6. The van der Waals surface area contributed by atoms with Crippen molar-refractivity contribution in [1.82, 2.24) is 4.90 Å². The van der Waals surface area contributed by atoms with Crippen LogP contribution >= 0.6 is 0 Å². The topological polar surface area (TPSA) is 57.6 Å². The van der Waals surface area contributed by atoms with Crippen LogP contribution in [0.4, 0.5) is 0 Å². The zero-order valence-electron chi connectivity index (χ0n) is 18.3. The van der Waals surface area contributed by atoms with Crippen molar-refractivity contribution in [2.45, 2.75) is 63.6 Å². The number of ketones is 1. The molecule has 162 valence electrons. The summed E-state index contributed by atoms with van der Waals surface area (Å²) in [6.07, 6.45) is 4.85. The molecule has 1 amide bonds. The second-order valence-corrected chi connectivity index (χ2v) is 10.3. The van der Waals surface area contributed by atoms with Crippen LogP contribution in [-0.2, 0) is 0 Å². The fraction of sp³-hybridized carbons (Fsp3) is 0.481. The van der Waals surface area contributed by atoms with E-state index in [2.05, 4.69) is 18.7 Å². The van der Waals surface area contributed by atoms with E-state index in [4.69, 9.17) is 0 Å². The monoisotopic (exact) mass is 417 g/mol. The molecule has 4 aliphatic carbocycles. The maximum atomic E-state index is 13.6. The first kappa shape index (κ1) is 20.4. The van der Waals surface area contributed by atoms with E-state index < -0.39 is 5.60 Å². The second-order valence-electron chi connectivity index (χ2n) is 10.3. The molecule has 2 aromatic rings. The standard InChI is InChI=1S/C27H31NO3/c1-17(2)28(24-22-12-18-13-23(24)16-27(31,14-18)15-22)26(30)21-10-8-20(9-11-21)25(29)19-6-4-3-5-7-19/h3-11,17-18,22-24,31H,12-16H2,1-2H3. The summed E-state index contributed by atoms with van der Waals surface area (Å²) in [7, 11) is 0. The van der Waals surface area contributed by atoms with E-state index in [0.29, 0.717) is 34.4 Å². The number of carbonyl (C=O) groups excluding carboxylic acids is 2. The van der Waals surface area contributed by atoms with E-state index in [9.17, 15) is 14.7 Å². The molecule has 6 rings (SSSR count).